The molecule has 0 unspecified atom stereocenters. The normalized spacial score (nSPS) is 11.0. The minimum atomic E-state index is -1.03. The van der Waals surface area contributed by atoms with Gasteiger partial charge in [-0.25, -0.2) is 14.1 Å². The van der Waals surface area contributed by atoms with Crippen molar-refractivity contribution in [3.8, 4) is 11.8 Å². The first-order valence-corrected chi connectivity index (χ1v) is 11.5. The number of carbonyl (C=O) groups excluding carboxylic acids is 2. The topological polar surface area (TPSA) is 80.2 Å². The zero-order chi connectivity index (χ0) is 27.8. The van der Waals surface area contributed by atoms with Crippen LogP contribution in [0.1, 0.15) is 42.3 Å². The first-order valence-electron chi connectivity index (χ1n) is 11.0. The first kappa shape index (κ1) is 31.3. The van der Waals surface area contributed by atoms with Crippen LogP contribution in [0.15, 0.2) is 64.9 Å². The Labute approximate surface area is 221 Å². The van der Waals surface area contributed by atoms with Crippen molar-refractivity contribution >= 4 is 30.7 Å². The number of alkyl halides is 1. The molecule has 0 aromatic heterocycles. The molecule has 7 nitrogen and oxygen atoms in total. The molecule has 0 saturated carbocycles. The number of hydrogen-bond acceptors (Lipinski definition) is 6. The molecule has 0 radical (unpaired) electrons. The van der Waals surface area contributed by atoms with E-state index in [-0.39, 0.29) is 17.4 Å². The van der Waals surface area contributed by atoms with Crippen molar-refractivity contribution in [1.29, 1.82) is 0 Å². The van der Waals surface area contributed by atoms with Crippen molar-refractivity contribution < 1.29 is 28.2 Å². The molecule has 0 bridgehead atoms. The van der Waals surface area contributed by atoms with Crippen LogP contribution in [0.2, 0.25) is 0 Å². The monoisotopic (exact) mass is 533 g/mol. The second-order valence-electron chi connectivity index (χ2n) is 8.06. The summed E-state index contributed by atoms with van der Waals surface area (Å²) in [7, 11) is 1.60. The van der Waals surface area contributed by atoms with E-state index in [0.717, 1.165) is 16.8 Å². The van der Waals surface area contributed by atoms with Crippen LogP contribution in [0.3, 0.4) is 0 Å². The van der Waals surface area contributed by atoms with Gasteiger partial charge in [0.15, 0.2) is 0 Å². The lowest BCUT2D eigenvalue weighted by Crippen LogP contribution is -2.21. The number of allylic oxidation sites excluding steroid dienone is 2. The lowest BCUT2D eigenvalue weighted by atomic mass is 10.1. The van der Waals surface area contributed by atoms with Crippen molar-refractivity contribution in [3.05, 3.63) is 82.4 Å². The van der Waals surface area contributed by atoms with Crippen LogP contribution in [0.4, 0.5) is 8.92 Å². The molecule has 2 aromatic rings. The largest absolute Gasteiger partial charge is 0.379 e. The smallest absolute Gasteiger partial charge is 0.366 e. The molecule has 0 aliphatic carbocycles. The van der Waals surface area contributed by atoms with Gasteiger partial charge >= 0.3 is 5.97 Å². The summed E-state index contributed by atoms with van der Waals surface area (Å²) in [6.07, 6.45) is 0.573. The van der Waals surface area contributed by atoms with Gasteiger partial charge in [0.1, 0.15) is 17.1 Å². The predicted molar refractivity (Wildman–Crippen MR) is 140 cm³/mol. The molecule has 0 heterocycles. The Bertz CT molecular complexity index is 1130. The van der Waals surface area contributed by atoms with E-state index < -0.39 is 11.6 Å². The van der Waals surface area contributed by atoms with Gasteiger partial charge in [-0.2, -0.15) is 0 Å². The minimum Gasteiger partial charge on any atom is -0.366 e. The van der Waals surface area contributed by atoms with Crippen LogP contribution in [0, 0.1) is 17.7 Å². The van der Waals surface area contributed by atoms with Crippen LogP contribution in [-0.2, 0) is 27.6 Å². The van der Waals surface area contributed by atoms with E-state index in [1.807, 2.05) is 25.7 Å². The van der Waals surface area contributed by atoms with Gasteiger partial charge in [0, 0.05) is 30.4 Å². The Morgan fingerprint density at radius 3 is 2.27 bits per heavy atom. The fourth-order valence-corrected chi connectivity index (χ4v) is 2.94. The third-order valence-corrected chi connectivity index (χ3v) is 5.34. The summed E-state index contributed by atoms with van der Waals surface area (Å²) < 4.78 is 29.7. The molecular weight excluding hydrogens is 504 g/mol. The van der Waals surface area contributed by atoms with Crippen molar-refractivity contribution in [1.82, 2.24) is 10.2 Å². The molecule has 2 aromatic carbocycles. The zero-order valence-electron chi connectivity index (χ0n) is 21.2. The number of nitrogens with zero attached hydrogens (tertiary/aromatic N) is 2. The molecule has 0 spiro atoms. The predicted octanol–water partition coefficient (Wildman–Crippen LogP) is 5.16. The van der Waals surface area contributed by atoms with Crippen LogP contribution in [0.5, 0.6) is 0 Å². The van der Waals surface area contributed by atoms with Gasteiger partial charge in [-0.1, -0.05) is 30.2 Å². The molecule has 0 saturated heterocycles. The van der Waals surface area contributed by atoms with E-state index in [2.05, 4.69) is 33.8 Å². The Balaban J connectivity index is 0.000000417. The third-order valence-electron chi connectivity index (χ3n) is 5.05. The number of methoxy groups -OCH3 is 1. The summed E-state index contributed by atoms with van der Waals surface area (Å²) in [5.41, 5.74) is 2.66. The van der Waals surface area contributed by atoms with Gasteiger partial charge in [0.2, 0.25) is 6.41 Å². The van der Waals surface area contributed by atoms with E-state index in [0.29, 0.717) is 25.2 Å². The van der Waals surface area contributed by atoms with Crippen molar-refractivity contribution in [3.63, 3.8) is 0 Å². The van der Waals surface area contributed by atoms with Crippen LogP contribution in [-0.4, -0.2) is 42.7 Å². The lowest BCUT2D eigenvalue weighted by Gasteiger charge is -2.23. The Hall–Kier alpha value is -3.74. The number of hydrogen-bond donors (Lipinski definition) is 1. The number of rotatable bonds is 10. The zero-order valence-corrected chi connectivity index (χ0v) is 21.9. The van der Waals surface area contributed by atoms with Crippen molar-refractivity contribution in [2.24, 2.45) is 4.99 Å². The summed E-state index contributed by atoms with van der Waals surface area (Å²) in [5, 5.41) is 2.46. The summed E-state index contributed by atoms with van der Waals surface area (Å²) >= 11 is 6.04. The Morgan fingerprint density at radius 2 is 1.78 bits per heavy atom. The SMILES string of the molecule is C=N/C(C#CC(C)(C)OC)=C(/C)N(CCl)Cc1ccc(F)cc1.O=CNCc1ccc(C(=O)OF)cc1. The average molecular weight is 534 g/mol. The second kappa shape index (κ2) is 16.1. The van der Waals surface area contributed by atoms with Gasteiger partial charge in [0.05, 0.1) is 11.6 Å². The number of aliphatic imine (C=N–C) groups is 1. The maximum Gasteiger partial charge on any atom is 0.379 e. The molecule has 198 valence electrons. The number of benzene rings is 2. The van der Waals surface area contributed by atoms with E-state index in [1.165, 1.54) is 24.3 Å². The fraction of sp³-hybridized carbons (Fsp3) is 0.296. The van der Waals surface area contributed by atoms with Gasteiger partial charge in [0.25, 0.3) is 0 Å². The molecule has 2 rings (SSSR count). The van der Waals surface area contributed by atoms with Crippen LogP contribution < -0.4 is 5.32 Å². The summed E-state index contributed by atoms with van der Waals surface area (Å²) in [6, 6.07) is 12.6. The maximum atomic E-state index is 13.0. The Kier molecular flexibility index (Phi) is 13.6. The lowest BCUT2D eigenvalue weighted by molar-refractivity contribution is -0.109. The van der Waals surface area contributed by atoms with E-state index in [1.54, 1.807) is 31.4 Å². The maximum absolute atomic E-state index is 13.0. The standard InChI is InChI=1S/C18H22ClFN2O.C9H8FNO3/c1-14(17(21-4)10-11-18(2,3)23-5)22(13-19)12-15-6-8-16(20)9-7-15;10-14-9(13)8-3-1-7(2-4-8)5-11-6-12/h6-9H,4,12-13H2,1-3,5H3;1-4,6H,5H2,(H,11,12)/b17-14-;. The molecule has 1 amide bonds. The van der Waals surface area contributed by atoms with Crippen molar-refractivity contribution in [2.45, 2.75) is 39.5 Å². The van der Waals surface area contributed by atoms with Crippen LogP contribution >= 0.6 is 11.6 Å². The fourth-order valence-electron chi connectivity index (χ4n) is 2.68. The highest BCUT2D eigenvalue weighted by Crippen LogP contribution is 2.17. The summed E-state index contributed by atoms with van der Waals surface area (Å²) in [6.45, 7) is 10.1. The average Bonchev–Trinajstić information content (AvgIpc) is 2.92. The molecule has 10 heteroatoms. The number of ether oxygens (including phenoxy) is 1. The molecule has 1 N–H and O–H groups in total. The highest BCUT2D eigenvalue weighted by atomic mass is 35.5. The minimum absolute atomic E-state index is 0.127. The van der Waals surface area contributed by atoms with E-state index in [4.69, 9.17) is 16.3 Å². The highest BCUT2D eigenvalue weighted by Gasteiger charge is 2.13. The van der Waals surface area contributed by atoms with Crippen LogP contribution in [0.25, 0.3) is 0 Å². The number of nitrogens with one attached hydrogen (secondary N) is 1. The molecular formula is C27H30ClF2N3O4. The molecule has 0 fully saturated rings. The molecule has 0 atom stereocenters. The third kappa shape index (κ3) is 11.2. The van der Waals surface area contributed by atoms with E-state index in [9.17, 15) is 18.5 Å². The molecule has 0 aliphatic heterocycles. The summed E-state index contributed by atoms with van der Waals surface area (Å²) in [5.74, 6) is 4.70. The first-order chi connectivity index (χ1) is 17.6. The second-order valence-corrected chi connectivity index (χ2v) is 8.30. The Morgan fingerprint density at radius 1 is 1.19 bits per heavy atom. The van der Waals surface area contributed by atoms with Gasteiger partial charge < -0.3 is 15.0 Å². The van der Waals surface area contributed by atoms with Gasteiger partial charge in [-0.15, -0.1) is 11.6 Å². The molecule has 0 aliphatic rings. The highest BCUT2D eigenvalue weighted by molar-refractivity contribution is 6.17. The number of carbonyl (C=O) groups is 2. The van der Waals surface area contributed by atoms with Gasteiger partial charge in [-0.05, 0) is 68.8 Å². The van der Waals surface area contributed by atoms with Gasteiger partial charge in [-0.3, -0.25) is 9.79 Å². The molecule has 37 heavy (non-hydrogen) atoms. The quantitative estimate of drug-likeness (QED) is 0.150. The van der Waals surface area contributed by atoms with Crippen molar-refractivity contribution in [2.75, 3.05) is 13.1 Å². The number of amides is 1. The summed E-state index contributed by atoms with van der Waals surface area (Å²) in [4.78, 5) is 29.6. The number of halogens is 3. The van der Waals surface area contributed by atoms with E-state index >= 15 is 0 Å².